The van der Waals surface area contributed by atoms with Crippen LogP contribution in [0.4, 0.5) is 0 Å². The number of methoxy groups -OCH3 is 1. The molecule has 1 heterocycles. The second-order valence-electron chi connectivity index (χ2n) is 3.90. The summed E-state index contributed by atoms with van der Waals surface area (Å²) in [6, 6.07) is 5.89. The van der Waals surface area contributed by atoms with Gasteiger partial charge in [-0.1, -0.05) is 21.1 Å². The van der Waals surface area contributed by atoms with Crippen LogP contribution < -0.4 is 10.5 Å². The molecule has 0 bridgehead atoms. The van der Waals surface area contributed by atoms with Gasteiger partial charge in [0.15, 0.2) is 0 Å². The van der Waals surface area contributed by atoms with E-state index in [-0.39, 0.29) is 0 Å². The monoisotopic (exact) mass is 310 g/mol. The van der Waals surface area contributed by atoms with E-state index < -0.39 is 0 Å². The Balaban J connectivity index is 2.19. The van der Waals surface area contributed by atoms with Gasteiger partial charge in [0.2, 0.25) is 0 Å². The molecular formula is C12H15BrN4O. The van der Waals surface area contributed by atoms with Crippen molar-refractivity contribution in [2.24, 2.45) is 5.73 Å². The van der Waals surface area contributed by atoms with Crippen LogP contribution in [0.25, 0.3) is 0 Å². The number of hydrogen-bond acceptors (Lipinski definition) is 4. The van der Waals surface area contributed by atoms with Crippen molar-refractivity contribution in [1.29, 1.82) is 0 Å². The van der Waals surface area contributed by atoms with Crippen LogP contribution in [0.2, 0.25) is 0 Å². The first-order valence-corrected chi connectivity index (χ1v) is 6.43. The molecular weight excluding hydrogens is 296 g/mol. The molecule has 0 aliphatic carbocycles. The fourth-order valence-electron chi connectivity index (χ4n) is 1.72. The van der Waals surface area contributed by atoms with Gasteiger partial charge in [0.25, 0.3) is 0 Å². The first kappa shape index (κ1) is 13.0. The molecule has 0 atom stereocenters. The summed E-state index contributed by atoms with van der Waals surface area (Å²) in [4.78, 5) is 0. The SMILES string of the molecule is COc1ccc(Br)cc1Cn1cc(CCN)nn1. The summed E-state index contributed by atoms with van der Waals surface area (Å²) >= 11 is 3.45. The Morgan fingerprint density at radius 2 is 2.28 bits per heavy atom. The van der Waals surface area contributed by atoms with Crippen LogP contribution in [-0.4, -0.2) is 28.6 Å². The molecule has 0 saturated heterocycles. The molecule has 0 amide bonds. The van der Waals surface area contributed by atoms with E-state index in [1.807, 2.05) is 24.4 Å². The molecule has 0 aliphatic heterocycles. The second-order valence-corrected chi connectivity index (χ2v) is 4.82. The highest BCUT2D eigenvalue weighted by Gasteiger charge is 2.06. The minimum absolute atomic E-state index is 0.582. The molecule has 2 rings (SSSR count). The van der Waals surface area contributed by atoms with Gasteiger partial charge in [0, 0.05) is 22.7 Å². The van der Waals surface area contributed by atoms with Crippen molar-refractivity contribution < 1.29 is 4.74 Å². The van der Waals surface area contributed by atoms with Crippen molar-refractivity contribution in [2.75, 3.05) is 13.7 Å². The predicted octanol–water partition coefficient (Wildman–Crippen LogP) is 1.60. The molecule has 0 aliphatic rings. The van der Waals surface area contributed by atoms with Gasteiger partial charge < -0.3 is 10.5 Å². The summed E-state index contributed by atoms with van der Waals surface area (Å²) in [6.07, 6.45) is 2.66. The first-order chi connectivity index (χ1) is 8.72. The van der Waals surface area contributed by atoms with Gasteiger partial charge in [-0.2, -0.15) is 0 Å². The number of rotatable bonds is 5. The zero-order chi connectivity index (χ0) is 13.0. The van der Waals surface area contributed by atoms with E-state index in [9.17, 15) is 0 Å². The van der Waals surface area contributed by atoms with E-state index in [4.69, 9.17) is 10.5 Å². The van der Waals surface area contributed by atoms with Crippen molar-refractivity contribution in [3.8, 4) is 5.75 Å². The lowest BCUT2D eigenvalue weighted by Crippen LogP contribution is -2.03. The maximum atomic E-state index is 5.48. The summed E-state index contributed by atoms with van der Waals surface area (Å²) in [7, 11) is 1.66. The minimum Gasteiger partial charge on any atom is -0.496 e. The Morgan fingerprint density at radius 3 is 3.00 bits per heavy atom. The van der Waals surface area contributed by atoms with Crippen molar-refractivity contribution in [3.05, 3.63) is 40.1 Å². The van der Waals surface area contributed by atoms with Crippen LogP contribution in [0.1, 0.15) is 11.3 Å². The highest BCUT2D eigenvalue weighted by atomic mass is 79.9. The Kier molecular flexibility index (Phi) is 4.33. The molecule has 2 N–H and O–H groups in total. The fraction of sp³-hybridized carbons (Fsp3) is 0.333. The molecule has 96 valence electrons. The Labute approximate surface area is 114 Å². The third kappa shape index (κ3) is 3.08. The van der Waals surface area contributed by atoms with E-state index in [2.05, 4.69) is 26.2 Å². The normalized spacial score (nSPS) is 10.6. The number of nitrogens with two attached hydrogens (primary N) is 1. The molecule has 0 unspecified atom stereocenters. The maximum Gasteiger partial charge on any atom is 0.124 e. The summed E-state index contributed by atoms with van der Waals surface area (Å²) in [6.45, 7) is 1.21. The number of benzene rings is 1. The lowest BCUT2D eigenvalue weighted by atomic mass is 10.2. The summed E-state index contributed by atoms with van der Waals surface area (Å²) in [5.74, 6) is 0.842. The zero-order valence-corrected chi connectivity index (χ0v) is 11.7. The van der Waals surface area contributed by atoms with E-state index in [1.165, 1.54) is 0 Å². The number of aromatic nitrogens is 3. The fourth-order valence-corrected chi connectivity index (χ4v) is 2.13. The van der Waals surface area contributed by atoms with Crippen LogP contribution in [0.15, 0.2) is 28.9 Å². The highest BCUT2D eigenvalue weighted by Crippen LogP contribution is 2.23. The average Bonchev–Trinajstić information content (AvgIpc) is 2.77. The third-order valence-corrected chi connectivity index (χ3v) is 3.05. The molecule has 1 aromatic carbocycles. The van der Waals surface area contributed by atoms with Crippen molar-refractivity contribution in [3.63, 3.8) is 0 Å². The van der Waals surface area contributed by atoms with E-state index in [0.717, 1.165) is 27.9 Å². The topological polar surface area (TPSA) is 66.0 Å². The van der Waals surface area contributed by atoms with E-state index >= 15 is 0 Å². The molecule has 0 radical (unpaired) electrons. The van der Waals surface area contributed by atoms with Gasteiger partial charge in [-0.05, 0) is 24.7 Å². The zero-order valence-electron chi connectivity index (χ0n) is 10.1. The second kappa shape index (κ2) is 5.97. The quantitative estimate of drug-likeness (QED) is 0.911. The lowest BCUT2D eigenvalue weighted by molar-refractivity contribution is 0.407. The van der Waals surface area contributed by atoms with Crippen LogP contribution >= 0.6 is 15.9 Å². The average molecular weight is 311 g/mol. The summed E-state index contributed by atoms with van der Waals surface area (Å²) in [5.41, 5.74) is 7.45. The van der Waals surface area contributed by atoms with Gasteiger partial charge in [0.1, 0.15) is 5.75 Å². The van der Waals surface area contributed by atoms with Gasteiger partial charge in [0.05, 0.1) is 19.3 Å². The minimum atomic E-state index is 0.582. The Morgan fingerprint density at radius 1 is 1.44 bits per heavy atom. The summed E-state index contributed by atoms with van der Waals surface area (Å²) in [5, 5.41) is 8.14. The number of hydrogen-bond donors (Lipinski definition) is 1. The smallest absolute Gasteiger partial charge is 0.124 e. The van der Waals surface area contributed by atoms with E-state index in [1.54, 1.807) is 11.8 Å². The molecule has 6 heteroatoms. The number of halogens is 1. The maximum absolute atomic E-state index is 5.48. The van der Waals surface area contributed by atoms with Gasteiger partial charge in [-0.15, -0.1) is 5.10 Å². The largest absolute Gasteiger partial charge is 0.496 e. The summed E-state index contributed by atoms with van der Waals surface area (Å²) < 4.78 is 8.13. The molecule has 2 aromatic rings. The van der Waals surface area contributed by atoms with Crippen molar-refractivity contribution in [1.82, 2.24) is 15.0 Å². The van der Waals surface area contributed by atoms with Crippen LogP contribution in [-0.2, 0) is 13.0 Å². The lowest BCUT2D eigenvalue weighted by Gasteiger charge is -2.08. The first-order valence-electron chi connectivity index (χ1n) is 5.64. The van der Waals surface area contributed by atoms with Crippen molar-refractivity contribution in [2.45, 2.75) is 13.0 Å². The van der Waals surface area contributed by atoms with Gasteiger partial charge >= 0.3 is 0 Å². The molecule has 5 nitrogen and oxygen atoms in total. The van der Waals surface area contributed by atoms with Crippen LogP contribution in [0.5, 0.6) is 5.75 Å². The number of ether oxygens (including phenoxy) is 1. The Hall–Kier alpha value is -1.40. The van der Waals surface area contributed by atoms with Crippen molar-refractivity contribution >= 4 is 15.9 Å². The van der Waals surface area contributed by atoms with Crippen LogP contribution in [0, 0.1) is 0 Å². The van der Waals surface area contributed by atoms with Crippen LogP contribution in [0.3, 0.4) is 0 Å². The molecule has 0 saturated carbocycles. The van der Waals surface area contributed by atoms with Gasteiger partial charge in [-0.3, -0.25) is 0 Å². The molecule has 18 heavy (non-hydrogen) atoms. The molecule has 0 spiro atoms. The van der Waals surface area contributed by atoms with Gasteiger partial charge in [-0.25, -0.2) is 4.68 Å². The van der Waals surface area contributed by atoms with E-state index in [0.29, 0.717) is 13.1 Å². The predicted molar refractivity (Wildman–Crippen MR) is 72.6 cm³/mol. The molecule has 0 fully saturated rings. The Bertz CT molecular complexity index is 527. The third-order valence-electron chi connectivity index (χ3n) is 2.56. The number of nitrogens with zero attached hydrogens (tertiary/aromatic N) is 3. The standard InChI is InChI=1S/C12H15BrN4O/c1-18-12-3-2-10(13)6-9(12)7-17-8-11(4-5-14)15-16-17/h2-3,6,8H,4-5,7,14H2,1H3. The molecule has 1 aromatic heterocycles. The highest BCUT2D eigenvalue weighted by molar-refractivity contribution is 9.10.